The van der Waals surface area contributed by atoms with E-state index in [0.29, 0.717) is 11.9 Å². The number of likely N-dealkylation sites (tertiary alicyclic amines) is 1. The van der Waals surface area contributed by atoms with Crippen molar-refractivity contribution in [1.82, 2.24) is 4.90 Å². The fraction of sp³-hybridized carbons (Fsp3) is 0.611. The number of rotatable bonds is 6. The van der Waals surface area contributed by atoms with E-state index in [1.165, 1.54) is 5.56 Å². The average Bonchev–Trinajstić information content (AvgIpc) is 2.53. The molecule has 136 valence electrons. The lowest BCUT2D eigenvalue weighted by Crippen LogP contribution is -2.36. The van der Waals surface area contributed by atoms with Gasteiger partial charge in [0.25, 0.3) is 0 Å². The number of aliphatic hydroxyl groups excluding tert-OH is 1. The maximum atomic E-state index is 9.49. The Labute approximate surface area is 162 Å². The monoisotopic (exact) mass is 446 g/mol. The van der Waals surface area contributed by atoms with Crippen LogP contribution in [0.2, 0.25) is 0 Å². The van der Waals surface area contributed by atoms with Gasteiger partial charge in [0.1, 0.15) is 0 Å². The number of halogens is 1. The van der Waals surface area contributed by atoms with Gasteiger partial charge in [0.15, 0.2) is 5.96 Å². The topological polar surface area (TPSA) is 73.9 Å². The molecule has 1 saturated heterocycles. The lowest BCUT2D eigenvalue weighted by atomic mass is 10.0. The Morgan fingerprint density at radius 1 is 1.38 bits per heavy atom. The molecule has 5 nitrogen and oxygen atoms in total. The molecule has 0 aromatic heterocycles. The zero-order valence-corrected chi connectivity index (χ0v) is 17.1. The Hall–Kier alpha value is -0.860. The molecule has 0 unspecified atom stereocenters. The van der Waals surface area contributed by atoms with Crippen LogP contribution in [-0.2, 0) is 0 Å². The van der Waals surface area contributed by atoms with Crippen LogP contribution in [0.15, 0.2) is 29.3 Å². The summed E-state index contributed by atoms with van der Waals surface area (Å²) in [6.45, 7) is 8.07. The molecule has 2 rings (SSSR count). The molecule has 1 heterocycles. The average molecular weight is 446 g/mol. The lowest BCUT2D eigenvalue weighted by Gasteiger charge is -2.29. The highest BCUT2D eigenvalue weighted by Crippen LogP contribution is 2.18. The van der Waals surface area contributed by atoms with Gasteiger partial charge in [0.2, 0.25) is 0 Å². The van der Waals surface area contributed by atoms with Crippen LogP contribution in [0, 0.1) is 0 Å². The zero-order valence-electron chi connectivity index (χ0n) is 14.7. The van der Waals surface area contributed by atoms with Gasteiger partial charge in [-0.25, -0.2) is 0 Å². The van der Waals surface area contributed by atoms with E-state index in [9.17, 15) is 5.11 Å². The van der Waals surface area contributed by atoms with Crippen LogP contribution in [0.3, 0.4) is 0 Å². The highest BCUT2D eigenvalue weighted by molar-refractivity contribution is 14.0. The smallest absolute Gasteiger partial charge is 0.193 e. The van der Waals surface area contributed by atoms with Crippen LogP contribution in [-0.4, -0.2) is 48.2 Å². The quantitative estimate of drug-likeness (QED) is 0.272. The summed E-state index contributed by atoms with van der Waals surface area (Å²) in [5.74, 6) is 0.970. The highest BCUT2D eigenvalue weighted by Gasteiger charge is 2.15. The van der Waals surface area contributed by atoms with E-state index in [2.05, 4.69) is 41.2 Å². The molecule has 1 aromatic rings. The van der Waals surface area contributed by atoms with Crippen LogP contribution in [0.25, 0.3) is 0 Å². The first-order chi connectivity index (χ1) is 11.0. The van der Waals surface area contributed by atoms with E-state index >= 15 is 0 Å². The van der Waals surface area contributed by atoms with Gasteiger partial charge >= 0.3 is 0 Å². The molecule has 6 heteroatoms. The molecule has 24 heavy (non-hydrogen) atoms. The molecule has 0 spiro atoms. The number of nitrogens with one attached hydrogen (secondary N) is 1. The maximum absolute atomic E-state index is 9.49. The number of guanidine groups is 1. The Morgan fingerprint density at radius 3 is 2.75 bits per heavy atom. The minimum atomic E-state index is -0.106. The van der Waals surface area contributed by atoms with Crippen LogP contribution < -0.4 is 11.1 Å². The van der Waals surface area contributed by atoms with Gasteiger partial charge in [-0.3, -0.25) is 4.99 Å². The van der Waals surface area contributed by atoms with Crippen molar-refractivity contribution in [3.05, 3.63) is 29.8 Å². The molecule has 0 bridgehead atoms. The van der Waals surface area contributed by atoms with E-state index in [1.807, 2.05) is 12.1 Å². The molecule has 0 amide bonds. The summed E-state index contributed by atoms with van der Waals surface area (Å²) in [5, 5.41) is 12.7. The van der Waals surface area contributed by atoms with Gasteiger partial charge in [0, 0.05) is 25.3 Å². The van der Waals surface area contributed by atoms with E-state index in [-0.39, 0.29) is 30.1 Å². The maximum Gasteiger partial charge on any atom is 0.193 e. The predicted molar refractivity (Wildman–Crippen MR) is 112 cm³/mol. The van der Waals surface area contributed by atoms with Gasteiger partial charge in [-0.2, -0.15) is 0 Å². The third kappa shape index (κ3) is 7.36. The lowest BCUT2D eigenvalue weighted by molar-refractivity contribution is 0.0824. The van der Waals surface area contributed by atoms with Crippen molar-refractivity contribution < 1.29 is 5.11 Å². The highest BCUT2D eigenvalue weighted by atomic mass is 127. The number of hydrogen-bond acceptors (Lipinski definition) is 3. The Bertz CT molecular complexity index is 513. The normalized spacial score (nSPS) is 16.9. The van der Waals surface area contributed by atoms with Gasteiger partial charge < -0.3 is 21.1 Å². The molecule has 0 radical (unpaired) electrons. The summed E-state index contributed by atoms with van der Waals surface area (Å²) in [6.07, 6.45) is 2.66. The summed E-state index contributed by atoms with van der Waals surface area (Å²) in [6, 6.07) is 8.29. The SMILES string of the molecule is CC(C)c1cccc(NC(N)=NCCCN2CCC(O)CC2)c1.I. The second kappa shape index (κ2) is 10.9. The minimum absolute atomic E-state index is 0. The van der Waals surface area contributed by atoms with Gasteiger partial charge in [-0.1, -0.05) is 26.0 Å². The standard InChI is InChI=1S/C18H30N4O.HI/c1-14(2)15-5-3-6-16(13-15)21-18(19)20-9-4-10-22-11-7-17(23)8-12-22;/h3,5-6,13-14,17,23H,4,7-12H2,1-2H3,(H3,19,20,21);1H. The van der Waals surface area contributed by atoms with Crippen LogP contribution in [0.4, 0.5) is 5.69 Å². The van der Waals surface area contributed by atoms with Crippen molar-refractivity contribution in [3.8, 4) is 0 Å². The summed E-state index contributed by atoms with van der Waals surface area (Å²) in [5.41, 5.74) is 8.24. The zero-order chi connectivity index (χ0) is 16.7. The van der Waals surface area contributed by atoms with E-state index in [4.69, 9.17) is 5.73 Å². The van der Waals surface area contributed by atoms with Gasteiger partial charge in [0.05, 0.1) is 6.10 Å². The van der Waals surface area contributed by atoms with Crippen molar-refractivity contribution in [1.29, 1.82) is 0 Å². The van der Waals surface area contributed by atoms with E-state index in [0.717, 1.165) is 51.1 Å². The molecular weight excluding hydrogens is 415 g/mol. The second-order valence-electron chi connectivity index (χ2n) is 6.60. The number of nitrogens with two attached hydrogens (primary N) is 1. The summed E-state index contributed by atoms with van der Waals surface area (Å²) >= 11 is 0. The van der Waals surface area contributed by atoms with Gasteiger partial charge in [-0.05, 0) is 49.4 Å². The van der Waals surface area contributed by atoms with Crippen LogP contribution >= 0.6 is 24.0 Å². The molecule has 1 fully saturated rings. The molecule has 1 aliphatic heterocycles. The first-order valence-electron chi connectivity index (χ1n) is 8.62. The number of benzene rings is 1. The van der Waals surface area contributed by atoms with Crippen LogP contribution in [0.1, 0.15) is 44.6 Å². The molecular formula is C18H31IN4O. The van der Waals surface area contributed by atoms with E-state index < -0.39 is 0 Å². The molecule has 4 N–H and O–H groups in total. The minimum Gasteiger partial charge on any atom is -0.393 e. The summed E-state index contributed by atoms with van der Waals surface area (Å²) in [4.78, 5) is 6.79. The predicted octanol–water partition coefficient (Wildman–Crippen LogP) is 3.00. The summed E-state index contributed by atoms with van der Waals surface area (Å²) < 4.78 is 0. The molecule has 0 aliphatic carbocycles. The number of aliphatic imine (C=N–C) groups is 1. The molecule has 0 atom stereocenters. The van der Waals surface area contributed by atoms with Crippen molar-refractivity contribution in [2.75, 3.05) is 31.5 Å². The van der Waals surface area contributed by atoms with Crippen molar-refractivity contribution in [2.24, 2.45) is 10.7 Å². The van der Waals surface area contributed by atoms with Crippen molar-refractivity contribution in [3.63, 3.8) is 0 Å². The van der Waals surface area contributed by atoms with Crippen molar-refractivity contribution >= 4 is 35.6 Å². The molecule has 1 aliphatic rings. The Balaban J connectivity index is 0.00000288. The van der Waals surface area contributed by atoms with Crippen LogP contribution in [0.5, 0.6) is 0 Å². The van der Waals surface area contributed by atoms with Crippen molar-refractivity contribution in [2.45, 2.75) is 45.1 Å². The summed E-state index contributed by atoms with van der Waals surface area (Å²) in [7, 11) is 0. The largest absolute Gasteiger partial charge is 0.393 e. The third-order valence-electron chi connectivity index (χ3n) is 4.30. The fourth-order valence-corrected chi connectivity index (χ4v) is 2.80. The number of aliphatic hydroxyl groups is 1. The number of hydrogen-bond donors (Lipinski definition) is 3. The molecule has 0 saturated carbocycles. The number of nitrogens with zero attached hydrogens (tertiary/aromatic N) is 2. The molecule has 1 aromatic carbocycles. The third-order valence-corrected chi connectivity index (χ3v) is 4.30. The first-order valence-corrected chi connectivity index (χ1v) is 8.62. The fourth-order valence-electron chi connectivity index (χ4n) is 2.80. The number of anilines is 1. The Morgan fingerprint density at radius 2 is 2.08 bits per heavy atom. The Kier molecular flexibility index (Phi) is 9.61. The van der Waals surface area contributed by atoms with E-state index in [1.54, 1.807) is 0 Å². The van der Waals surface area contributed by atoms with Gasteiger partial charge in [-0.15, -0.1) is 24.0 Å². The second-order valence-corrected chi connectivity index (χ2v) is 6.60. The first kappa shape index (κ1) is 21.2. The number of piperidine rings is 1.